The summed E-state index contributed by atoms with van der Waals surface area (Å²) in [5.41, 5.74) is 3.53. The molecule has 1 aliphatic carbocycles. The number of carbonyl (C=O) groups excluding carboxylic acids is 5. The highest BCUT2D eigenvalue weighted by Gasteiger charge is 2.43. The molecule has 1 saturated carbocycles. The van der Waals surface area contributed by atoms with Gasteiger partial charge in [0.05, 0.1) is 43.2 Å². The van der Waals surface area contributed by atoms with E-state index in [2.05, 4.69) is 54.5 Å². The lowest BCUT2D eigenvalue weighted by Gasteiger charge is -2.29. The second-order valence-electron chi connectivity index (χ2n) is 17.4. The molecular weight excluding hydrogens is 948 g/mol. The Balaban J connectivity index is 1.16. The summed E-state index contributed by atoms with van der Waals surface area (Å²) in [5.74, 6) is -2.82. The van der Waals surface area contributed by atoms with E-state index in [0.717, 1.165) is 63.1 Å². The lowest BCUT2D eigenvalue weighted by molar-refractivity contribution is -0.130. The van der Waals surface area contributed by atoms with Gasteiger partial charge in [-0.1, -0.05) is 51.9 Å². The van der Waals surface area contributed by atoms with Crippen molar-refractivity contribution >= 4 is 60.2 Å². The van der Waals surface area contributed by atoms with Crippen LogP contribution in [0.5, 0.6) is 11.5 Å². The zero-order chi connectivity index (χ0) is 50.7. The fourth-order valence-corrected chi connectivity index (χ4v) is 8.90. The quantitative estimate of drug-likeness (QED) is 0.0389. The molecule has 0 radical (unpaired) electrons. The van der Waals surface area contributed by atoms with E-state index >= 15 is 0 Å². The van der Waals surface area contributed by atoms with E-state index in [9.17, 15) is 45.9 Å². The van der Waals surface area contributed by atoms with Gasteiger partial charge >= 0.3 is 10.5 Å². The smallest absolute Gasteiger partial charge is 0.488 e. The number of hydrogen-bond acceptors (Lipinski definition) is 13. The van der Waals surface area contributed by atoms with Gasteiger partial charge in [0.1, 0.15) is 35.6 Å². The molecule has 1 aliphatic heterocycles. The van der Waals surface area contributed by atoms with Gasteiger partial charge < -0.3 is 40.4 Å². The van der Waals surface area contributed by atoms with E-state index in [1.165, 1.54) is 54.2 Å². The number of fused-ring (bicyclic) bond motifs is 1. The van der Waals surface area contributed by atoms with Crippen LogP contribution in [0.3, 0.4) is 0 Å². The molecule has 1 saturated heterocycles. The molecule has 5 N–H and O–H groups in total. The number of pyridine rings is 1. The zero-order valence-electron chi connectivity index (χ0n) is 39.7. The van der Waals surface area contributed by atoms with Crippen LogP contribution in [0.4, 0.5) is 8.28 Å². The van der Waals surface area contributed by atoms with Crippen molar-refractivity contribution < 1.29 is 49.6 Å². The number of nitrogens with zero attached hydrogens (tertiary/aromatic N) is 4. The van der Waals surface area contributed by atoms with Crippen LogP contribution in [0.25, 0.3) is 10.9 Å². The second kappa shape index (κ2) is 26.9. The molecule has 2 aromatic carbocycles. The molecule has 380 valence electrons. The minimum absolute atomic E-state index is 0.0383. The van der Waals surface area contributed by atoms with Crippen LogP contribution in [-0.2, 0) is 36.1 Å². The number of allylic oxidation sites excluding steroid dienone is 1. The highest BCUT2D eigenvalue weighted by atomic mass is 32.3. The number of hydrogen-bond donors (Lipinski definition) is 5. The molecule has 1 aromatic heterocycles. The summed E-state index contributed by atoms with van der Waals surface area (Å²) in [6.07, 6.45) is 8.61. The number of ether oxygens (including phenoxy) is 1. The number of nitrogens with one attached hydrogen (secondary N) is 5. The van der Waals surface area contributed by atoms with E-state index in [1.54, 1.807) is 18.2 Å². The number of likely N-dealkylation sites (tertiary alicyclic amines) is 1. The fourth-order valence-electron chi connectivity index (χ4n) is 8.14. The van der Waals surface area contributed by atoms with Crippen molar-refractivity contribution in [3.8, 4) is 17.6 Å². The van der Waals surface area contributed by atoms with Gasteiger partial charge in [0.2, 0.25) is 23.6 Å². The van der Waals surface area contributed by atoms with E-state index in [1.807, 2.05) is 15.3 Å². The zero-order valence-corrected chi connectivity index (χ0v) is 41.7. The third kappa shape index (κ3) is 17.8. The highest BCUT2D eigenvalue weighted by molar-refractivity contribution is 7.81. The van der Waals surface area contributed by atoms with Gasteiger partial charge in [-0.3, -0.25) is 33.9 Å². The van der Waals surface area contributed by atoms with Crippen molar-refractivity contribution in [1.82, 2.24) is 41.4 Å². The van der Waals surface area contributed by atoms with E-state index in [-0.39, 0.29) is 68.2 Å². The molecule has 4 unspecified atom stereocenters. The summed E-state index contributed by atoms with van der Waals surface area (Å²) >= 11 is 0. The first kappa shape index (κ1) is 55.0. The van der Waals surface area contributed by atoms with Crippen LogP contribution < -0.4 is 35.5 Å². The van der Waals surface area contributed by atoms with Crippen LogP contribution in [0.1, 0.15) is 94.0 Å². The molecule has 2 aliphatic rings. The van der Waals surface area contributed by atoms with E-state index in [4.69, 9.17) is 4.74 Å². The van der Waals surface area contributed by atoms with Gasteiger partial charge in [0, 0.05) is 49.8 Å². The number of benzene rings is 2. The first-order chi connectivity index (χ1) is 33.5. The molecule has 22 heteroatoms. The van der Waals surface area contributed by atoms with Gasteiger partial charge in [0.25, 0.3) is 5.91 Å². The van der Waals surface area contributed by atoms with Crippen molar-refractivity contribution in [1.29, 1.82) is 5.26 Å². The maximum Gasteiger partial charge on any atom is 0.488 e. The first-order valence-electron chi connectivity index (χ1n) is 23.7. The fraction of sp³-hybridized carbons (Fsp3) is 0.521. The number of unbranched alkanes of at least 4 members (excludes halogenated alkanes) is 2. The van der Waals surface area contributed by atoms with Crippen molar-refractivity contribution in [2.45, 2.75) is 102 Å². The Kier molecular flexibility index (Phi) is 21.1. The van der Waals surface area contributed by atoms with Gasteiger partial charge in [-0.15, -0.1) is 0 Å². The summed E-state index contributed by atoms with van der Waals surface area (Å²) in [6.45, 7) is 7.26. The molecule has 18 nitrogen and oxygen atoms in total. The molecule has 0 spiro atoms. The Bertz CT molecular complexity index is 2500. The topological polar surface area (TPSA) is 241 Å². The van der Waals surface area contributed by atoms with Crippen LogP contribution in [-0.4, -0.2) is 129 Å². The van der Waals surface area contributed by atoms with Gasteiger partial charge in [-0.05, 0) is 99.1 Å². The molecule has 0 bridgehead atoms. The molecular formula is C48H64F2N9O9PS. The number of amides is 5. The molecule has 4 atom stereocenters. The Morgan fingerprint density at radius 3 is 2.47 bits per heavy atom. The maximum absolute atomic E-state index is 14.5. The standard InChI is InChI=1S/C48H64F2N9O9PS/c1-3-5-6-23-58(22-4-2)31-42(34-10-8-11-34)53-19-20-54-43(60)16-15-41(57-44(61)26-33-9-7-12-37(25-33)68-70(50,65)66)47(64)55-21-24-67-36-13-14-40-39(27-36)38(17-18-52-40)46(63)56-30-45(62)59-32-48(49,69)28-35(59)29-51/h7,9,12-14,17-18,25,27,35,41,53H,3-6,8,10-11,15-16,19-24,26,28,30-32,69H2,1-2H3,(H,54,60)(H,55,64)(H,56,63)(H,57,61). The number of carbonyl (C=O) groups is 5. The Labute approximate surface area is 410 Å². The molecule has 5 amide bonds. The lowest BCUT2D eigenvalue weighted by atomic mass is 9.90. The predicted octanol–water partition coefficient (Wildman–Crippen LogP) is 4.27. The average Bonchev–Trinajstić information content (AvgIpc) is 3.62. The molecule has 2 fully saturated rings. The summed E-state index contributed by atoms with van der Waals surface area (Å²) in [7, 11) is -3.29. The minimum atomic E-state index is -5.31. The summed E-state index contributed by atoms with van der Waals surface area (Å²) in [5, 5.41) is 22.4. The van der Waals surface area contributed by atoms with Crippen LogP contribution in [0, 0.1) is 11.3 Å². The second-order valence-corrected chi connectivity index (χ2v) is 19.4. The summed E-state index contributed by atoms with van der Waals surface area (Å²) in [4.78, 5) is 74.0. The number of rotatable bonds is 28. The first-order valence-corrected chi connectivity index (χ1v) is 25.6. The third-order valence-electron chi connectivity index (χ3n) is 11.8. The predicted molar refractivity (Wildman–Crippen MR) is 262 cm³/mol. The Morgan fingerprint density at radius 1 is 0.971 bits per heavy atom. The van der Waals surface area contributed by atoms with Crippen molar-refractivity contribution in [2.75, 3.05) is 59.0 Å². The van der Waals surface area contributed by atoms with Crippen molar-refractivity contribution in [3.63, 3.8) is 0 Å². The van der Waals surface area contributed by atoms with Crippen LogP contribution in [0.15, 0.2) is 66.0 Å². The largest absolute Gasteiger partial charge is 0.492 e. The maximum atomic E-state index is 14.5. The van der Waals surface area contributed by atoms with Crippen LogP contribution in [0.2, 0.25) is 0 Å². The molecule has 3 aromatic rings. The lowest BCUT2D eigenvalue weighted by Crippen LogP contribution is -2.48. The number of alkyl halides is 1. The number of nitriles is 1. The van der Waals surface area contributed by atoms with E-state index < -0.39 is 58.2 Å². The Hall–Kier alpha value is -5.97. The summed E-state index contributed by atoms with van der Waals surface area (Å²) < 4.78 is 59.9. The van der Waals surface area contributed by atoms with Gasteiger partial charge in [-0.2, -0.15) is 13.7 Å². The van der Waals surface area contributed by atoms with Crippen molar-refractivity contribution in [2.24, 2.45) is 0 Å². The third-order valence-corrected chi connectivity index (χ3v) is 12.6. The van der Waals surface area contributed by atoms with E-state index in [0.29, 0.717) is 29.7 Å². The normalized spacial score (nSPS) is 17.0. The average molecular weight is 1010 g/mol. The molecule has 70 heavy (non-hydrogen) atoms. The SMILES string of the molecule is CCCCCN(CCC)CC(NCCNC(=O)CCC(NC(=O)Cc1cccc(OS(=O)(=O)F)c1)C(=O)NCCOc1ccc2nccc(C(=O)NCC(=O)N3CC(F)(P)CC3C#N)c2c1)=C1CCC1. The molecule has 2 heterocycles. The van der Waals surface area contributed by atoms with Crippen LogP contribution >= 0.6 is 9.24 Å². The highest BCUT2D eigenvalue weighted by Crippen LogP contribution is 2.36. The van der Waals surface area contributed by atoms with Crippen molar-refractivity contribution in [3.05, 3.63) is 77.1 Å². The number of halogens is 2. The monoisotopic (exact) mass is 1010 g/mol. The minimum Gasteiger partial charge on any atom is -0.492 e. The number of aromatic nitrogens is 1. The van der Waals surface area contributed by atoms with Gasteiger partial charge in [0.15, 0.2) is 0 Å². The van der Waals surface area contributed by atoms with Gasteiger partial charge in [-0.25, -0.2) is 4.39 Å². The summed E-state index contributed by atoms with van der Waals surface area (Å²) in [6, 6.07) is 11.3. The Morgan fingerprint density at radius 2 is 1.76 bits per heavy atom. The molecule has 5 rings (SSSR count).